The molecule has 0 atom stereocenters. The molecule has 0 aliphatic carbocycles. The average Bonchev–Trinajstić information content (AvgIpc) is 2.70. The molecule has 0 fully saturated rings. The van der Waals surface area contributed by atoms with Crippen LogP contribution < -0.4 is 5.32 Å². The first-order chi connectivity index (χ1) is 8.31. The maximum Gasteiger partial charge on any atom is 0.138 e. The van der Waals surface area contributed by atoms with Crippen LogP contribution in [0.3, 0.4) is 0 Å². The van der Waals surface area contributed by atoms with Gasteiger partial charge in [0.1, 0.15) is 17.0 Å². The van der Waals surface area contributed by atoms with E-state index in [1.807, 2.05) is 0 Å². The highest BCUT2D eigenvalue weighted by molar-refractivity contribution is 7.18. The van der Waals surface area contributed by atoms with Crippen molar-refractivity contribution in [2.75, 3.05) is 18.5 Å². The average molecular weight is 251 g/mol. The molecule has 4 nitrogen and oxygen atoms in total. The van der Waals surface area contributed by atoms with Crippen LogP contribution >= 0.6 is 11.3 Å². The van der Waals surface area contributed by atoms with Crippen molar-refractivity contribution in [3.63, 3.8) is 0 Å². The van der Waals surface area contributed by atoms with Crippen molar-refractivity contribution >= 4 is 27.4 Å². The molecule has 0 radical (unpaired) electrons. The smallest absolute Gasteiger partial charge is 0.138 e. The van der Waals surface area contributed by atoms with Gasteiger partial charge in [-0.1, -0.05) is 0 Å². The van der Waals surface area contributed by atoms with Crippen LogP contribution in [-0.4, -0.2) is 28.2 Å². The first kappa shape index (κ1) is 12.3. The van der Waals surface area contributed by atoms with Crippen LogP contribution in [0.15, 0.2) is 12.4 Å². The topological polar surface area (TPSA) is 58.0 Å². The van der Waals surface area contributed by atoms with E-state index < -0.39 is 0 Å². The van der Waals surface area contributed by atoms with Gasteiger partial charge in [-0.05, 0) is 32.3 Å². The number of anilines is 1. The zero-order chi connectivity index (χ0) is 12.1. The molecule has 0 aliphatic rings. The second kappa shape index (κ2) is 5.93. The van der Waals surface area contributed by atoms with E-state index in [-0.39, 0.29) is 6.61 Å². The summed E-state index contributed by atoms with van der Waals surface area (Å²) in [7, 11) is 0. The van der Waals surface area contributed by atoms with Gasteiger partial charge in [-0.3, -0.25) is 0 Å². The summed E-state index contributed by atoms with van der Waals surface area (Å²) in [5, 5.41) is 13.1. The van der Waals surface area contributed by atoms with Crippen LogP contribution in [0.4, 0.5) is 5.82 Å². The molecule has 0 saturated carbocycles. The Morgan fingerprint density at radius 2 is 2.18 bits per heavy atom. The number of aliphatic hydroxyl groups excluding tert-OH is 1. The fraction of sp³-hybridized carbons (Fsp3) is 0.500. The van der Waals surface area contributed by atoms with Crippen molar-refractivity contribution in [3.8, 4) is 0 Å². The quantitative estimate of drug-likeness (QED) is 0.775. The number of aryl methyl sites for hydroxylation is 1. The van der Waals surface area contributed by atoms with E-state index in [1.165, 1.54) is 4.88 Å². The molecular weight excluding hydrogens is 234 g/mol. The van der Waals surface area contributed by atoms with Gasteiger partial charge >= 0.3 is 0 Å². The number of fused-ring (bicyclic) bond motifs is 1. The van der Waals surface area contributed by atoms with Crippen LogP contribution in [0.25, 0.3) is 10.2 Å². The largest absolute Gasteiger partial charge is 0.396 e. The SMILES string of the molecule is Cc1cc2c(NCCCCCO)ncnc2s1. The lowest BCUT2D eigenvalue weighted by molar-refractivity contribution is 0.283. The van der Waals surface area contributed by atoms with Crippen molar-refractivity contribution in [1.29, 1.82) is 0 Å². The number of hydrogen-bond donors (Lipinski definition) is 2. The third-order valence-corrected chi connectivity index (χ3v) is 3.54. The van der Waals surface area contributed by atoms with Gasteiger partial charge in [0, 0.05) is 18.0 Å². The van der Waals surface area contributed by atoms with Crippen molar-refractivity contribution in [3.05, 3.63) is 17.3 Å². The molecule has 0 spiro atoms. The Morgan fingerprint density at radius 3 is 3.00 bits per heavy atom. The van der Waals surface area contributed by atoms with E-state index in [0.717, 1.165) is 41.8 Å². The van der Waals surface area contributed by atoms with E-state index in [0.29, 0.717) is 0 Å². The predicted octanol–water partition coefficient (Wildman–Crippen LogP) is 2.57. The Morgan fingerprint density at radius 1 is 1.29 bits per heavy atom. The minimum absolute atomic E-state index is 0.279. The van der Waals surface area contributed by atoms with Gasteiger partial charge in [-0.25, -0.2) is 9.97 Å². The Hall–Kier alpha value is -1.20. The van der Waals surface area contributed by atoms with Crippen LogP contribution in [0.5, 0.6) is 0 Å². The van der Waals surface area contributed by atoms with Crippen LogP contribution in [0.1, 0.15) is 24.1 Å². The maximum absolute atomic E-state index is 8.69. The first-order valence-electron chi connectivity index (χ1n) is 5.87. The molecular formula is C12H17N3OS. The Kier molecular flexibility index (Phi) is 4.28. The molecule has 2 rings (SSSR count). The van der Waals surface area contributed by atoms with Crippen molar-refractivity contribution in [2.45, 2.75) is 26.2 Å². The molecule has 2 aromatic heterocycles. The minimum atomic E-state index is 0.279. The molecule has 0 amide bonds. The molecule has 2 N–H and O–H groups in total. The Balaban J connectivity index is 1.98. The number of unbranched alkanes of at least 4 members (excludes halogenated alkanes) is 2. The van der Waals surface area contributed by atoms with Crippen LogP contribution in [0.2, 0.25) is 0 Å². The zero-order valence-electron chi connectivity index (χ0n) is 9.94. The molecule has 92 valence electrons. The first-order valence-corrected chi connectivity index (χ1v) is 6.69. The summed E-state index contributed by atoms with van der Waals surface area (Å²) in [6, 6.07) is 2.12. The van der Waals surface area contributed by atoms with Crippen molar-refractivity contribution in [1.82, 2.24) is 9.97 Å². The highest BCUT2D eigenvalue weighted by atomic mass is 32.1. The predicted molar refractivity (Wildman–Crippen MR) is 71.6 cm³/mol. The number of thiophene rings is 1. The Labute approximate surface area is 105 Å². The lowest BCUT2D eigenvalue weighted by atomic mass is 10.2. The minimum Gasteiger partial charge on any atom is -0.396 e. The number of aliphatic hydroxyl groups is 1. The molecule has 17 heavy (non-hydrogen) atoms. The van der Waals surface area contributed by atoms with Gasteiger partial charge in [0.2, 0.25) is 0 Å². The van der Waals surface area contributed by atoms with E-state index >= 15 is 0 Å². The van der Waals surface area contributed by atoms with Gasteiger partial charge < -0.3 is 10.4 Å². The van der Waals surface area contributed by atoms with Gasteiger partial charge in [0.25, 0.3) is 0 Å². The van der Waals surface area contributed by atoms with E-state index in [9.17, 15) is 0 Å². The standard InChI is InChI=1S/C12H17N3OS/c1-9-7-10-11(13-5-3-2-4-6-16)14-8-15-12(10)17-9/h7-8,16H,2-6H2,1H3,(H,13,14,15). The second-order valence-corrected chi connectivity index (χ2v) is 5.24. The molecule has 0 unspecified atom stereocenters. The second-order valence-electron chi connectivity index (χ2n) is 4.01. The summed E-state index contributed by atoms with van der Waals surface area (Å²) in [5.74, 6) is 0.920. The highest BCUT2D eigenvalue weighted by Gasteiger charge is 2.05. The number of rotatable bonds is 6. The molecule has 2 heterocycles. The summed E-state index contributed by atoms with van der Waals surface area (Å²) in [6.07, 6.45) is 4.57. The lowest BCUT2D eigenvalue weighted by Crippen LogP contribution is -2.04. The summed E-state index contributed by atoms with van der Waals surface area (Å²) in [5.41, 5.74) is 0. The number of hydrogen-bond acceptors (Lipinski definition) is 5. The lowest BCUT2D eigenvalue weighted by Gasteiger charge is -2.05. The van der Waals surface area contributed by atoms with Gasteiger partial charge in [0.05, 0.1) is 5.39 Å². The van der Waals surface area contributed by atoms with Gasteiger partial charge in [-0.2, -0.15) is 0 Å². The van der Waals surface area contributed by atoms with Crippen LogP contribution in [0, 0.1) is 6.92 Å². The number of aromatic nitrogens is 2. The zero-order valence-corrected chi connectivity index (χ0v) is 10.8. The summed E-state index contributed by atoms with van der Waals surface area (Å²) in [4.78, 5) is 10.8. The molecule has 0 aromatic carbocycles. The van der Waals surface area contributed by atoms with E-state index in [2.05, 4.69) is 28.3 Å². The number of nitrogens with one attached hydrogen (secondary N) is 1. The monoisotopic (exact) mass is 251 g/mol. The fourth-order valence-electron chi connectivity index (χ4n) is 1.74. The highest BCUT2D eigenvalue weighted by Crippen LogP contribution is 2.27. The van der Waals surface area contributed by atoms with Crippen molar-refractivity contribution < 1.29 is 5.11 Å². The fourth-order valence-corrected chi connectivity index (χ4v) is 2.58. The molecule has 0 aliphatic heterocycles. The Bertz CT molecular complexity index is 484. The molecule has 0 saturated heterocycles. The summed E-state index contributed by atoms with van der Waals surface area (Å²) in [6.45, 7) is 3.25. The van der Waals surface area contributed by atoms with E-state index in [1.54, 1.807) is 17.7 Å². The molecule has 0 bridgehead atoms. The van der Waals surface area contributed by atoms with Crippen LogP contribution in [-0.2, 0) is 0 Å². The maximum atomic E-state index is 8.69. The normalized spacial score (nSPS) is 10.9. The van der Waals surface area contributed by atoms with Gasteiger partial charge in [0.15, 0.2) is 0 Å². The third-order valence-electron chi connectivity index (χ3n) is 2.58. The third kappa shape index (κ3) is 3.14. The molecule has 5 heteroatoms. The van der Waals surface area contributed by atoms with Crippen molar-refractivity contribution in [2.24, 2.45) is 0 Å². The molecule has 2 aromatic rings. The number of nitrogens with zero attached hydrogens (tertiary/aromatic N) is 2. The summed E-state index contributed by atoms with van der Waals surface area (Å²) >= 11 is 1.69. The van der Waals surface area contributed by atoms with E-state index in [4.69, 9.17) is 5.11 Å². The summed E-state index contributed by atoms with van der Waals surface area (Å²) < 4.78 is 0. The van der Waals surface area contributed by atoms with Gasteiger partial charge in [-0.15, -0.1) is 11.3 Å².